The SMILES string of the molecule is Cc1nn(C)cc1NC1CCCC(S(C)(=O)=O)C1. The number of sulfone groups is 1. The fourth-order valence-electron chi connectivity index (χ4n) is 2.63. The van der Waals surface area contributed by atoms with Gasteiger partial charge in [-0.2, -0.15) is 5.10 Å². The van der Waals surface area contributed by atoms with E-state index in [9.17, 15) is 8.42 Å². The molecule has 0 spiro atoms. The van der Waals surface area contributed by atoms with Gasteiger partial charge in [0, 0.05) is 25.5 Å². The van der Waals surface area contributed by atoms with E-state index in [-0.39, 0.29) is 11.3 Å². The van der Waals surface area contributed by atoms with Crippen molar-refractivity contribution in [3.8, 4) is 0 Å². The summed E-state index contributed by atoms with van der Waals surface area (Å²) in [5, 5.41) is 7.51. The van der Waals surface area contributed by atoms with Crippen LogP contribution < -0.4 is 5.32 Å². The molecule has 1 N–H and O–H groups in total. The van der Waals surface area contributed by atoms with Gasteiger partial charge in [-0.3, -0.25) is 4.68 Å². The van der Waals surface area contributed by atoms with Crippen molar-refractivity contribution in [2.24, 2.45) is 7.05 Å². The molecule has 6 heteroatoms. The molecule has 0 aromatic carbocycles. The van der Waals surface area contributed by atoms with Crippen LogP contribution in [-0.2, 0) is 16.9 Å². The van der Waals surface area contributed by atoms with E-state index in [4.69, 9.17) is 0 Å². The summed E-state index contributed by atoms with van der Waals surface area (Å²) in [5.41, 5.74) is 1.97. The van der Waals surface area contributed by atoms with Crippen LogP contribution in [0.1, 0.15) is 31.4 Å². The van der Waals surface area contributed by atoms with E-state index < -0.39 is 9.84 Å². The molecule has 5 nitrogen and oxygen atoms in total. The lowest BCUT2D eigenvalue weighted by molar-refractivity contribution is 0.453. The molecule has 0 saturated heterocycles. The van der Waals surface area contributed by atoms with Crippen molar-refractivity contribution in [1.29, 1.82) is 0 Å². The molecular weight excluding hydrogens is 250 g/mol. The molecule has 18 heavy (non-hydrogen) atoms. The monoisotopic (exact) mass is 271 g/mol. The van der Waals surface area contributed by atoms with Gasteiger partial charge in [0.1, 0.15) is 9.84 Å². The Balaban J connectivity index is 2.04. The molecule has 2 unspecified atom stereocenters. The first-order valence-corrected chi connectivity index (χ1v) is 8.27. The second-order valence-electron chi connectivity index (χ2n) is 5.26. The van der Waals surface area contributed by atoms with Crippen molar-refractivity contribution in [3.63, 3.8) is 0 Å². The second-order valence-corrected chi connectivity index (χ2v) is 7.59. The highest BCUT2D eigenvalue weighted by atomic mass is 32.2. The largest absolute Gasteiger partial charge is 0.380 e. The Labute approximate surface area is 108 Å². The molecule has 1 fully saturated rings. The summed E-state index contributed by atoms with van der Waals surface area (Å²) in [4.78, 5) is 0. The fourth-order valence-corrected chi connectivity index (χ4v) is 3.80. The smallest absolute Gasteiger partial charge is 0.150 e. The summed E-state index contributed by atoms with van der Waals surface area (Å²) in [6, 6.07) is 0.237. The Morgan fingerprint density at radius 3 is 2.72 bits per heavy atom. The topological polar surface area (TPSA) is 64.0 Å². The van der Waals surface area contributed by atoms with Crippen molar-refractivity contribution in [1.82, 2.24) is 9.78 Å². The number of rotatable bonds is 3. The zero-order valence-electron chi connectivity index (χ0n) is 11.2. The standard InChI is InChI=1S/C12H21N3O2S/c1-9-12(8-15(2)14-9)13-10-5-4-6-11(7-10)18(3,16)17/h8,10-11,13H,4-7H2,1-3H3. The summed E-state index contributed by atoms with van der Waals surface area (Å²) < 4.78 is 25.0. The van der Waals surface area contributed by atoms with Gasteiger partial charge < -0.3 is 5.32 Å². The van der Waals surface area contributed by atoms with Gasteiger partial charge in [-0.1, -0.05) is 6.42 Å². The molecule has 2 atom stereocenters. The van der Waals surface area contributed by atoms with Gasteiger partial charge in [0.25, 0.3) is 0 Å². The van der Waals surface area contributed by atoms with Gasteiger partial charge >= 0.3 is 0 Å². The molecule has 0 bridgehead atoms. The number of hydrogen-bond acceptors (Lipinski definition) is 4. The number of nitrogens with one attached hydrogen (secondary N) is 1. The third-order valence-corrected chi connectivity index (χ3v) is 5.24. The highest BCUT2D eigenvalue weighted by Crippen LogP contribution is 2.27. The van der Waals surface area contributed by atoms with Crippen molar-refractivity contribution >= 4 is 15.5 Å². The van der Waals surface area contributed by atoms with E-state index in [0.717, 1.165) is 30.6 Å². The molecule has 0 aliphatic heterocycles. The van der Waals surface area contributed by atoms with E-state index in [2.05, 4.69) is 10.4 Å². The Hall–Kier alpha value is -1.04. The lowest BCUT2D eigenvalue weighted by Crippen LogP contribution is -2.34. The van der Waals surface area contributed by atoms with Crippen LogP contribution >= 0.6 is 0 Å². The average Bonchev–Trinajstić information content (AvgIpc) is 2.56. The van der Waals surface area contributed by atoms with E-state index in [0.29, 0.717) is 6.42 Å². The predicted molar refractivity (Wildman–Crippen MR) is 72.5 cm³/mol. The van der Waals surface area contributed by atoms with Gasteiger partial charge in [-0.15, -0.1) is 0 Å². The van der Waals surface area contributed by atoms with E-state index in [1.54, 1.807) is 4.68 Å². The fraction of sp³-hybridized carbons (Fsp3) is 0.750. The minimum absolute atomic E-state index is 0.194. The maximum Gasteiger partial charge on any atom is 0.150 e. The quantitative estimate of drug-likeness (QED) is 0.905. The van der Waals surface area contributed by atoms with Crippen LogP contribution in [-0.4, -0.2) is 35.7 Å². The highest BCUT2D eigenvalue weighted by Gasteiger charge is 2.29. The van der Waals surface area contributed by atoms with Crippen LogP contribution in [0.15, 0.2) is 6.20 Å². The minimum Gasteiger partial charge on any atom is -0.380 e. The molecule has 1 aliphatic rings. The first kappa shape index (κ1) is 13.4. The number of nitrogens with zero attached hydrogens (tertiary/aromatic N) is 2. The molecule has 1 aliphatic carbocycles. The van der Waals surface area contributed by atoms with Crippen LogP contribution in [0.5, 0.6) is 0 Å². The number of aryl methyl sites for hydroxylation is 2. The molecule has 102 valence electrons. The van der Waals surface area contributed by atoms with Gasteiger partial charge in [0.15, 0.2) is 0 Å². The van der Waals surface area contributed by atoms with Crippen LogP contribution in [0.3, 0.4) is 0 Å². The lowest BCUT2D eigenvalue weighted by Gasteiger charge is -2.29. The van der Waals surface area contributed by atoms with Gasteiger partial charge in [0.2, 0.25) is 0 Å². The predicted octanol–water partition coefficient (Wildman–Crippen LogP) is 1.50. The third-order valence-electron chi connectivity index (χ3n) is 3.60. The summed E-state index contributed by atoms with van der Waals surface area (Å²) >= 11 is 0. The Bertz CT molecular complexity index is 521. The highest BCUT2D eigenvalue weighted by molar-refractivity contribution is 7.91. The van der Waals surface area contributed by atoms with Gasteiger partial charge in [-0.25, -0.2) is 8.42 Å². The van der Waals surface area contributed by atoms with E-state index >= 15 is 0 Å². The molecule has 1 heterocycles. The van der Waals surface area contributed by atoms with Crippen molar-refractivity contribution < 1.29 is 8.42 Å². The summed E-state index contributed by atoms with van der Waals surface area (Å²) in [5.74, 6) is 0. The Morgan fingerprint density at radius 2 is 2.17 bits per heavy atom. The zero-order chi connectivity index (χ0) is 13.3. The van der Waals surface area contributed by atoms with Crippen molar-refractivity contribution in [3.05, 3.63) is 11.9 Å². The first-order chi connectivity index (χ1) is 8.36. The zero-order valence-corrected chi connectivity index (χ0v) is 12.0. The summed E-state index contributed by atoms with van der Waals surface area (Å²) in [6.07, 6.45) is 6.78. The Kier molecular flexibility index (Phi) is 3.66. The first-order valence-electron chi connectivity index (χ1n) is 6.32. The molecule has 0 amide bonds. The van der Waals surface area contributed by atoms with Crippen LogP contribution in [0.25, 0.3) is 0 Å². The Morgan fingerprint density at radius 1 is 1.44 bits per heavy atom. The molecule has 1 aromatic heterocycles. The number of aromatic nitrogens is 2. The third kappa shape index (κ3) is 3.04. The normalized spacial score (nSPS) is 25.1. The van der Waals surface area contributed by atoms with Crippen molar-refractivity contribution in [2.45, 2.75) is 43.9 Å². The summed E-state index contributed by atoms with van der Waals surface area (Å²) in [6.45, 7) is 1.96. The van der Waals surface area contributed by atoms with Gasteiger partial charge in [0.05, 0.1) is 16.6 Å². The number of anilines is 1. The molecule has 1 saturated carbocycles. The average molecular weight is 271 g/mol. The van der Waals surface area contributed by atoms with Gasteiger partial charge in [-0.05, 0) is 26.2 Å². The molecule has 0 radical (unpaired) electrons. The maximum atomic E-state index is 11.6. The van der Waals surface area contributed by atoms with Crippen LogP contribution in [0.2, 0.25) is 0 Å². The van der Waals surface area contributed by atoms with Crippen LogP contribution in [0, 0.1) is 6.92 Å². The molecule has 2 rings (SSSR count). The minimum atomic E-state index is -2.92. The van der Waals surface area contributed by atoms with E-state index in [1.165, 1.54) is 6.26 Å². The summed E-state index contributed by atoms with van der Waals surface area (Å²) in [7, 11) is -1.03. The number of hydrogen-bond donors (Lipinski definition) is 1. The lowest BCUT2D eigenvalue weighted by atomic mass is 9.95. The van der Waals surface area contributed by atoms with Crippen LogP contribution in [0.4, 0.5) is 5.69 Å². The maximum absolute atomic E-state index is 11.6. The second kappa shape index (κ2) is 4.91. The van der Waals surface area contributed by atoms with E-state index in [1.807, 2.05) is 20.2 Å². The van der Waals surface area contributed by atoms with Crippen molar-refractivity contribution in [2.75, 3.05) is 11.6 Å². The molecular formula is C12H21N3O2S. The molecule has 1 aromatic rings.